The molecule has 1 aliphatic carbocycles. The maximum atomic E-state index is 16.5. The predicted octanol–water partition coefficient (Wildman–Crippen LogP) is 8.16. The molecule has 1 aromatic heterocycles. The molecule has 1 saturated carbocycles. The fourth-order valence-electron chi connectivity index (χ4n) is 12.4. The molecule has 5 aliphatic rings. The number of nitrogens with one attached hydrogen (secondary N) is 2. The van der Waals surface area contributed by atoms with E-state index in [1.54, 1.807) is 0 Å². The van der Waals surface area contributed by atoms with Gasteiger partial charge in [-0.15, -0.1) is 0 Å². The summed E-state index contributed by atoms with van der Waals surface area (Å²) in [5.41, 5.74) is 4.54. The molecule has 4 aromatic carbocycles. The molecule has 76 heavy (non-hydrogen) atoms. The number of hydrogen-bond acceptors (Lipinski definition) is 10. The lowest BCUT2D eigenvalue weighted by atomic mass is 9.77. The number of aliphatic hydroxyl groups excluding tert-OH is 1. The van der Waals surface area contributed by atoms with Crippen molar-refractivity contribution in [2.75, 3.05) is 63.9 Å². The van der Waals surface area contributed by atoms with Crippen molar-refractivity contribution >= 4 is 52.1 Å². The van der Waals surface area contributed by atoms with Gasteiger partial charge in [-0.2, -0.15) is 5.10 Å². The molecule has 0 bridgehead atoms. The van der Waals surface area contributed by atoms with Gasteiger partial charge in [0.1, 0.15) is 23.7 Å². The molecule has 4 fully saturated rings. The van der Waals surface area contributed by atoms with E-state index in [9.17, 15) is 24.3 Å². The van der Waals surface area contributed by atoms with Gasteiger partial charge in [0.2, 0.25) is 17.7 Å². The van der Waals surface area contributed by atoms with E-state index >= 15 is 22.0 Å². The summed E-state index contributed by atoms with van der Waals surface area (Å²) in [4.78, 5) is 56.3. The zero-order valence-electron chi connectivity index (χ0n) is 42.2. The molecule has 21 heteroatoms. The minimum Gasteiger partial charge on any atom is -0.488 e. The number of fused-ring (bicyclic) bond motifs is 2. The third kappa shape index (κ3) is 9.63. The molecule has 0 spiro atoms. The van der Waals surface area contributed by atoms with Gasteiger partial charge in [-0.05, 0) is 94.0 Å². The number of aromatic nitrogens is 2. The van der Waals surface area contributed by atoms with Crippen molar-refractivity contribution in [3.05, 3.63) is 105 Å². The van der Waals surface area contributed by atoms with Crippen molar-refractivity contribution in [1.29, 1.82) is 0 Å². The van der Waals surface area contributed by atoms with Crippen molar-refractivity contribution in [2.24, 2.45) is 24.6 Å². The maximum Gasteiger partial charge on any atom is 0.329 e. The highest BCUT2D eigenvalue weighted by molar-refractivity contribution is 6.34. The average molecular weight is 1080 g/mol. The first-order chi connectivity index (χ1) is 36.5. The highest BCUT2D eigenvalue weighted by Crippen LogP contribution is 2.57. The molecule has 5 aromatic rings. The topological polar surface area (TPSA) is 185 Å². The SMILES string of the molecule is C[C@H]1c2c(cc(F)c(Cl)c2-c2c(C(N)=O)ccc(OCCO)c2F)O[C@]1(CNC1CCC(C(=O)N2CCC(CN3CCC(c4c(F)c(F)c5c(N6CCC(=O)NC6=O)nn(C)c5c4F)CC3)CC2)CC1)c1ccccc1. The number of rotatable bonds is 14. The van der Waals surface area contributed by atoms with Crippen molar-refractivity contribution in [2.45, 2.75) is 88.2 Å². The molecular formula is C55H60ClF5N8O7. The van der Waals surface area contributed by atoms with Gasteiger partial charge >= 0.3 is 6.03 Å². The number of hydrogen-bond donors (Lipinski definition) is 4. The van der Waals surface area contributed by atoms with Crippen LogP contribution in [0, 0.1) is 40.9 Å². The molecule has 4 aliphatic heterocycles. The number of benzene rings is 4. The van der Waals surface area contributed by atoms with E-state index in [1.807, 2.05) is 42.2 Å². The second kappa shape index (κ2) is 21.6. The van der Waals surface area contributed by atoms with Crippen LogP contribution in [0.2, 0.25) is 5.02 Å². The average Bonchev–Trinajstić information content (AvgIpc) is 4.08. The lowest BCUT2D eigenvalue weighted by Gasteiger charge is -2.40. The number of anilines is 1. The Balaban J connectivity index is 0.743. The Hall–Kier alpha value is -6.35. The summed E-state index contributed by atoms with van der Waals surface area (Å²) < 4.78 is 93.7. The van der Waals surface area contributed by atoms with Gasteiger partial charge in [-0.1, -0.05) is 48.9 Å². The van der Waals surface area contributed by atoms with Crippen LogP contribution in [0.1, 0.15) is 104 Å². The van der Waals surface area contributed by atoms with E-state index in [0.717, 1.165) is 34.5 Å². The molecule has 5 amide bonds. The number of nitrogens with zero attached hydrogens (tertiary/aromatic N) is 5. The van der Waals surface area contributed by atoms with E-state index < -0.39 is 81.4 Å². The van der Waals surface area contributed by atoms with Crippen LogP contribution in [-0.4, -0.2) is 114 Å². The zero-order chi connectivity index (χ0) is 53.7. The number of primary amides is 1. The Morgan fingerprint density at radius 3 is 2.28 bits per heavy atom. The number of carbonyl (C=O) groups excluding carboxylic acids is 4. The number of piperidine rings is 2. The molecule has 10 rings (SSSR count). The van der Waals surface area contributed by atoms with Gasteiger partial charge in [0.05, 0.1) is 22.6 Å². The third-order valence-electron chi connectivity index (χ3n) is 16.5. The van der Waals surface area contributed by atoms with E-state index in [0.29, 0.717) is 76.2 Å². The van der Waals surface area contributed by atoms with Crippen LogP contribution in [0.3, 0.4) is 0 Å². The molecule has 0 unspecified atom stereocenters. The molecular weight excluding hydrogens is 1020 g/mol. The molecule has 0 radical (unpaired) electrons. The normalized spacial score (nSPS) is 22.7. The zero-order valence-corrected chi connectivity index (χ0v) is 43.0. The number of amides is 5. The summed E-state index contributed by atoms with van der Waals surface area (Å²) >= 11 is 6.71. The summed E-state index contributed by atoms with van der Waals surface area (Å²) in [7, 11) is 1.40. The number of aliphatic hydroxyl groups is 1. The van der Waals surface area contributed by atoms with E-state index in [1.165, 1.54) is 25.2 Å². The van der Waals surface area contributed by atoms with E-state index in [2.05, 4.69) is 20.6 Å². The third-order valence-corrected chi connectivity index (χ3v) is 16.8. The largest absolute Gasteiger partial charge is 0.488 e. The quantitative estimate of drug-likeness (QED) is 0.0625. The summed E-state index contributed by atoms with van der Waals surface area (Å²) in [5, 5.41) is 18.5. The van der Waals surface area contributed by atoms with Crippen molar-refractivity contribution in [3.8, 4) is 22.6 Å². The van der Waals surface area contributed by atoms with Crippen LogP contribution in [0.5, 0.6) is 11.5 Å². The number of aryl methyl sites for hydroxylation is 1. The van der Waals surface area contributed by atoms with Gasteiger partial charge in [-0.25, -0.2) is 26.7 Å². The second-order valence-corrected chi connectivity index (χ2v) is 21.2. The van der Waals surface area contributed by atoms with Gasteiger partial charge in [-0.3, -0.25) is 29.3 Å². The Kier molecular flexibility index (Phi) is 15.1. The summed E-state index contributed by atoms with van der Waals surface area (Å²) in [5.74, 6) is -8.08. The van der Waals surface area contributed by atoms with Gasteiger partial charge < -0.3 is 35.4 Å². The van der Waals surface area contributed by atoms with Crippen LogP contribution in [0.15, 0.2) is 48.5 Å². The lowest BCUT2D eigenvalue weighted by Crippen LogP contribution is -2.49. The smallest absolute Gasteiger partial charge is 0.329 e. The number of imide groups is 1. The van der Waals surface area contributed by atoms with Crippen LogP contribution in [0.25, 0.3) is 22.0 Å². The lowest BCUT2D eigenvalue weighted by molar-refractivity contribution is -0.138. The number of nitrogens with two attached hydrogens (primary N) is 1. The second-order valence-electron chi connectivity index (χ2n) is 20.8. The van der Waals surface area contributed by atoms with Crippen LogP contribution in [-0.2, 0) is 22.2 Å². The fraction of sp³-hybridized carbons (Fsp3) is 0.473. The monoisotopic (exact) mass is 1070 g/mol. The van der Waals surface area contributed by atoms with Gasteiger partial charge in [0.15, 0.2) is 40.4 Å². The molecule has 15 nitrogen and oxygen atoms in total. The molecule has 5 heterocycles. The Labute approximate surface area is 440 Å². The fourth-order valence-corrected chi connectivity index (χ4v) is 12.7. The molecule has 404 valence electrons. The van der Waals surface area contributed by atoms with Gasteiger partial charge in [0, 0.05) is 92.4 Å². The van der Waals surface area contributed by atoms with Crippen molar-refractivity contribution in [3.63, 3.8) is 0 Å². The Morgan fingerprint density at radius 2 is 1.61 bits per heavy atom. The predicted molar refractivity (Wildman–Crippen MR) is 273 cm³/mol. The number of carbonyl (C=O) groups is 4. The highest BCUT2D eigenvalue weighted by atomic mass is 35.5. The standard InChI is InChI=1S/C55H60ClF5N8O7/c1-29-40-38(26-36(57)45(56)43(40)42-35(51(62)72)12-13-37(46(42)58)75-25-24-70)76-55(29,33-6-4-3-5-7-33)28-63-34-10-8-32(9-11-34)53(73)68-21-14-30(15-22-68)27-67-19-16-31(17-20-67)41-47(59)48(60)44-50(49(41)61)66(2)65-52(44)69-23-18-39(71)64-54(69)74/h3-7,12-13,26,29-32,34,63,70H,8-11,14-25,27-28H2,1-2H3,(H2,62,72)(H,64,71,74)/t29-,32?,34?,55-/m0/s1. The first kappa shape index (κ1) is 53.1. The van der Waals surface area contributed by atoms with E-state index in [4.69, 9.17) is 26.8 Å². The number of likely N-dealkylation sites (tertiary alicyclic amines) is 2. The first-order valence-electron chi connectivity index (χ1n) is 26.0. The minimum atomic E-state index is -1.29. The molecule has 3 saturated heterocycles. The van der Waals surface area contributed by atoms with Crippen LogP contribution in [0.4, 0.5) is 32.6 Å². The number of ether oxygens (including phenoxy) is 2. The summed E-state index contributed by atoms with van der Waals surface area (Å²) in [6.45, 7) is 4.55. The summed E-state index contributed by atoms with van der Waals surface area (Å²) in [6, 6.07) is 12.3. The summed E-state index contributed by atoms with van der Waals surface area (Å²) in [6.07, 6.45) is 5.17. The number of halogens is 6. The highest BCUT2D eigenvalue weighted by Gasteiger charge is 2.50. The molecule has 2 atom stereocenters. The minimum absolute atomic E-state index is 0.0131. The van der Waals surface area contributed by atoms with Crippen molar-refractivity contribution in [1.82, 2.24) is 30.2 Å². The van der Waals surface area contributed by atoms with Gasteiger partial charge in [0.25, 0.3) is 0 Å². The van der Waals surface area contributed by atoms with Crippen molar-refractivity contribution < 1.29 is 55.7 Å². The van der Waals surface area contributed by atoms with Crippen LogP contribution >= 0.6 is 11.6 Å². The van der Waals surface area contributed by atoms with Crippen LogP contribution < -0.4 is 30.7 Å². The first-order valence-corrected chi connectivity index (χ1v) is 26.4. The Bertz CT molecular complexity index is 3090. The molecule has 5 N–H and O–H groups in total. The van der Waals surface area contributed by atoms with E-state index in [-0.39, 0.29) is 89.1 Å². The number of urea groups is 1. The Morgan fingerprint density at radius 1 is 0.895 bits per heavy atom. The maximum absolute atomic E-state index is 16.5.